The highest BCUT2D eigenvalue weighted by atomic mass is 16.5. The van der Waals surface area contributed by atoms with Gasteiger partial charge in [-0.15, -0.1) is 10.3 Å². The maximum absolute atomic E-state index is 12.4. The second kappa shape index (κ2) is 3.72. The number of nitrogens with zero attached hydrogens (tertiary/aromatic N) is 1. The van der Waals surface area contributed by atoms with Crippen LogP contribution in [0.1, 0.15) is 58.8 Å². The van der Waals surface area contributed by atoms with Crippen LogP contribution in [-0.2, 0) is 5.21 Å². The van der Waals surface area contributed by atoms with E-state index in [0.717, 1.165) is 25.7 Å². The average molecular weight is 212 g/mol. The van der Waals surface area contributed by atoms with E-state index in [1.807, 2.05) is 13.8 Å². The van der Waals surface area contributed by atoms with Crippen LogP contribution in [0.5, 0.6) is 0 Å². The number of hydroxylamine groups is 2. The zero-order chi connectivity index (χ0) is 11.1. The van der Waals surface area contributed by atoms with Crippen molar-refractivity contribution < 1.29 is 10.3 Å². The van der Waals surface area contributed by atoms with Crippen molar-refractivity contribution in [3.05, 3.63) is 0 Å². The van der Waals surface area contributed by atoms with Crippen molar-refractivity contribution in [2.45, 2.75) is 76.0 Å². The molecular formula is C12H22NO2. The van der Waals surface area contributed by atoms with Crippen molar-refractivity contribution in [2.24, 2.45) is 0 Å². The maximum Gasteiger partial charge on any atom is 0.0577 e. The van der Waals surface area contributed by atoms with Gasteiger partial charge >= 0.3 is 0 Å². The fraction of sp³-hybridized carbons (Fsp3) is 1.00. The minimum absolute atomic E-state index is 0.251. The van der Waals surface area contributed by atoms with Gasteiger partial charge in [-0.2, -0.15) is 0 Å². The molecule has 2 rings (SSSR count). The van der Waals surface area contributed by atoms with Crippen molar-refractivity contribution in [1.82, 2.24) is 5.06 Å². The standard InChI is InChI=1S/C12H22NO2/c1-11(2)8-10(14)9-12(13(11)15)6-4-3-5-7-12/h10,14H,3-9H2,1-2H3. The van der Waals surface area contributed by atoms with Crippen molar-refractivity contribution >= 4 is 0 Å². The number of hydrogen-bond acceptors (Lipinski definition) is 2. The van der Waals surface area contributed by atoms with Gasteiger partial charge in [-0.05, 0) is 39.5 Å². The van der Waals surface area contributed by atoms with E-state index in [2.05, 4.69) is 0 Å². The Bertz CT molecular complexity index is 234. The van der Waals surface area contributed by atoms with Crippen LogP contribution in [0.15, 0.2) is 0 Å². The van der Waals surface area contributed by atoms with E-state index in [0.29, 0.717) is 12.8 Å². The third-order valence-electron chi connectivity index (χ3n) is 4.12. The van der Waals surface area contributed by atoms with Gasteiger partial charge in [0.05, 0.1) is 11.6 Å². The summed E-state index contributed by atoms with van der Waals surface area (Å²) in [5.41, 5.74) is -0.644. The molecule has 1 saturated carbocycles. The molecule has 1 N–H and O–H groups in total. The van der Waals surface area contributed by atoms with Crippen LogP contribution in [0, 0.1) is 0 Å². The smallest absolute Gasteiger partial charge is 0.0577 e. The minimum atomic E-state index is -0.394. The fourth-order valence-corrected chi connectivity index (χ4v) is 3.51. The van der Waals surface area contributed by atoms with Gasteiger partial charge in [-0.25, -0.2) is 0 Å². The van der Waals surface area contributed by atoms with E-state index in [-0.39, 0.29) is 11.6 Å². The first-order valence-electron chi connectivity index (χ1n) is 6.12. The normalized spacial score (nSPS) is 35.6. The number of aliphatic hydroxyl groups is 1. The molecule has 3 nitrogen and oxygen atoms in total. The first-order chi connectivity index (χ1) is 6.96. The first-order valence-corrected chi connectivity index (χ1v) is 6.12. The van der Waals surface area contributed by atoms with Crippen LogP contribution >= 0.6 is 0 Å². The molecule has 0 amide bonds. The zero-order valence-corrected chi connectivity index (χ0v) is 9.83. The largest absolute Gasteiger partial charge is 0.393 e. The minimum Gasteiger partial charge on any atom is -0.393 e. The summed E-state index contributed by atoms with van der Waals surface area (Å²) in [6, 6.07) is 0. The molecule has 15 heavy (non-hydrogen) atoms. The predicted molar refractivity (Wildman–Crippen MR) is 57.7 cm³/mol. The molecule has 2 fully saturated rings. The molecule has 0 aromatic rings. The van der Waals surface area contributed by atoms with Crippen LogP contribution in [0.4, 0.5) is 0 Å². The zero-order valence-electron chi connectivity index (χ0n) is 9.83. The molecule has 1 radical (unpaired) electrons. The lowest BCUT2D eigenvalue weighted by Crippen LogP contribution is -2.62. The SMILES string of the molecule is CC1(C)CC(O)CC2(CCCCC2)N1[O]. The molecule has 1 aliphatic carbocycles. The second-order valence-corrected chi connectivity index (χ2v) is 5.95. The molecule has 2 aliphatic rings. The lowest BCUT2D eigenvalue weighted by atomic mass is 9.71. The summed E-state index contributed by atoms with van der Waals surface area (Å²) in [6.07, 6.45) is 6.46. The molecule has 87 valence electrons. The summed E-state index contributed by atoms with van der Waals surface area (Å²) in [5, 5.41) is 23.6. The van der Waals surface area contributed by atoms with Crippen LogP contribution in [0.3, 0.4) is 0 Å². The summed E-state index contributed by atoms with van der Waals surface area (Å²) in [6.45, 7) is 3.91. The first kappa shape index (κ1) is 11.4. The van der Waals surface area contributed by atoms with E-state index in [4.69, 9.17) is 0 Å². The van der Waals surface area contributed by atoms with Crippen molar-refractivity contribution in [1.29, 1.82) is 0 Å². The Morgan fingerprint density at radius 3 is 2.33 bits per heavy atom. The molecule has 0 bridgehead atoms. The molecule has 1 heterocycles. The monoisotopic (exact) mass is 212 g/mol. The Kier molecular flexibility index (Phi) is 2.82. The van der Waals surface area contributed by atoms with Crippen molar-refractivity contribution in [3.8, 4) is 0 Å². The van der Waals surface area contributed by atoms with Gasteiger partial charge in [0.2, 0.25) is 0 Å². The summed E-state index contributed by atoms with van der Waals surface area (Å²) in [5.74, 6) is 0. The number of piperidine rings is 1. The van der Waals surface area contributed by atoms with Gasteiger partial charge in [-0.1, -0.05) is 19.3 Å². The van der Waals surface area contributed by atoms with Gasteiger partial charge in [0, 0.05) is 5.54 Å². The molecule has 1 spiro atoms. The highest BCUT2D eigenvalue weighted by molar-refractivity contribution is 5.01. The molecule has 1 atom stereocenters. The Morgan fingerprint density at radius 1 is 1.13 bits per heavy atom. The predicted octanol–water partition coefficient (Wildman–Crippen LogP) is 2.27. The van der Waals surface area contributed by atoms with E-state index >= 15 is 0 Å². The Balaban J connectivity index is 2.21. The molecule has 0 aromatic carbocycles. The van der Waals surface area contributed by atoms with E-state index in [1.54, 1.807) is 0 Å². The molecule has 3 heteroatoms. The van der Waals surface area contributed by atoms with Gasteiger partial charge in [0.15, 0.2) is 0 Å². The summed E-state index contributed by atoms with van der Waals surface area (Å²) < 4.78 is 0. The third-order valence-corrected chi connectivity index (χ3v) is 4.12. The number of aliphatic hydroxyl groups excluding tert-OH is 1. The molecule has 1 aliphatic heterocycles. The fourth-order valence-electron chi connectivity index (χ4n) is 3.51. The van der Waals surface area contributed by atoms with E-state index in [9.17, 15) is 10.3 Å². The van der Waals surface area contributed by atoms with E-state index < -0.39 is 5.54 Å². The summed E-state index contributed by atoms with van der Waals surface area (Å²) in [7, 11) is 0. The maximum atomic E-state index is 12.4. The van der Waals surface area contributed by atoms with Crippen LogP contribution in [0.25, 0.3) is 0 Å². The van der Waals surface area contributed by atoms with Crippen molar-refractivity contribution in [2.75, 3.05) is 0 Å². The highest BCUT2D eigenvalue weighted by Gasteiger charge is 2.51. The van der Waals surface area contributed by atoms with Crippen molar-refractivity contribution in [3.63, 3.8) is 0 Å². The van der Waals surface area contributed by atoms with Crippen LogP contribution in [-0.4, -0.2) is 27.4 Å². The van der Waals surface area contributed by atoms with Gasteiger partial charge in [0.1, 0.15) is 0 Å². The molecular weight excluding hydrogens is 190 g/mol. The van der Waals surface area contributed by atoms with Gasteiger partial charge < -0.3 is 5.11 Å². The molecule has 0 aromatic heterocycles. The Labute approximate surface area is 92.0 Å². The second-order valence-electron chi connectivity index (χ2n) is 5.95. The molecule has 1 unspecified atom stereocenters. The summed E-state index contributed by atoms with van der Waals surface area (Å²) >= 11 is 0. The Hall–Kier alpha value is -0.120. The highest BCUT2D eigenvalue weighted by Crippen LogP contribution is 2.45. The van der Waals surface area contributed by atoms with Gasteiger partial charge in [0.25, 0.3) is 0 Å². The lowest BCUT2D eigenvalue weighted by Gasteiger charge is -2.53. The third kappa shape index (κ3) is 1.93. The topological polar surface area (TPSA) is 43.4 Å². The quantitative estimate of drug-likeness (QED) is 0.669. The van der Waals surface area contributed by atoms with E-state index in [1.165, 1.54) is 11.5 Å². The van der Waals surface area contributed by atoms with Gasteiger partial charge in [-0.3, -0.25) is 0 Å². The summed E-state index contributed by atoms with van der Waals surface area (Å²) in [4.78, 5) is 0. The lowest BCUT2D eigenvalue weighted by molar-refractivity contribution is -0.313. The average Bonchev–Trinajstić information content (AvgIpc) is 2.15. The number of rotatable bonds is 0. The Morgan fingerprint density at radius 2 is 1.73 bits per heavy atom. The molecule has 1 saturated heterocycles. The number of hydrogen-bond donors (Lipinski definition) is 1. The van der Waals surface area contributed by atoms with Crippen LogP contribution < -0.4 is 0 Å². The van der Waals surface area contributed by atoms with Crippen LogP contribution in [0.2, 0.25) is 0 Å².